The van der Waals surface area contributed by atoms with Gasteiger partial charge in [0.2, 0.25) is 0 Å². The first-order chi connectivity index (χ1) is 8.95. The van der Waals surface area contributed by atoms with Gasteiger partial charge in [-0.15, -0.1) is 0 Å². The number of benzene rings is 1. The number of fused-ring (bicyclic) bond motifs is 1. The maximum Gasteiger partial charge on any atom is 0.298 e. The van der Waals surface area contributed by atoms with E-state index in [1.807, 2.05) is 6.92 Å². The first kappa shape index (κ1) is 12.6. The minimum absolute atomic E-state index is 0.123. The monoisotopic (exact) mass is 278 g/mol. The number of piperidine rings is 1. The van der Waals surface area contributed by atoms with Gasteiger partial charge in [0.25, 0.3) is 10.1 Å². The number of nitriles is 1. The van der Waals surface area contributed by atoms with Crippen molar-refractivity contribution >= 4 is 10.1 Å². The Labute approximate surface area is 112 Å². The molecule has 0 bridgehead atoms. The summed E-state index contributed by atoms with van der Waals surface area (Å²) in [4.78, 5) is 0.153. The van der Waals surface area contributed by atoms with E-state index in [-0.39, 0.29) is 16.9 Å². The molecule has 100 valence electrons. The number of hydrogen-bond acceptors (Lipinski definition) is 5. The van der Waals surface area contributed by atoms with E-state index in [1.54, 1.807) is 12.1 Å². The average Bonchev–Trinajstić information content (AvgIpc) is 2.89. The Morgan fingerprint density at radius 2 is 2.11 bits per heavy atom. The number of aryl methyl sites for hydroxylation is 1. The highest BCUT2D eigenvalue weighted by Crippen LogP contribution is 2.53. The summed E-state index contributed by atoms with van der Waals surface area (Å²) in [5.74, 6) is 0.123. The van der Waals surface area contributed by atoms with Crippen molar-refractivity contribution in [3.8, 4) is 6.07 Å². The SMILES string of the molecule is Cc1ccc(S(=O)(=O)O[C@@]23C[C@H]2C[C@@H](C#N)N3)cc1. The van der Waals surface area contributed by atoms with Gasteiger partial charge in [0.1, 0.15) is 5.72 Å². The van der Waals surface area contributed by atoms with Gasteiger partial charge in [-0.1, -0.05) is 17.7 Å². The molecular formula is C13H14N2O3S. The first-order valence-corrected chi connectivity index (χ1v) is 7.56. The molecule has 0 unspecified atom stereocenters. The van der Waals surface area contributed by atoms with Crippen molar-refractivity contribution < 1.29 is 12.6 Å². The maximum atomic E-state index is 12.2. The van der Waals surface area contributed by atoms with Gasteiger partial charge in [-0.05, 0) is 31.9 Å². The second-order valence-electron chi connectivity index (χ2n) is 5.20. The van der Waals surface area contributed by atoms with Crippen LogP contribution in [0, 0.1) is 24.2 Å². The molecule has 0 radical (unpaired) electrons. The highest BCUT2D eigenvalue weighted by Gasteiger charge is 2.64. The third-order valence-corrected chi connectivity index (χ3v) is 5.08. The van der Waals surface area contributed by atoms with Gasteiger partial charge < -0.3 is 0 Å². The lowest BCUT2D eigenvalue weighted by atomic mass is 10.2. The fourth-order valence-corrected chi connectivity index (χ4v) is 3.77. The van der Waals surface area contributed by atoms with Crippen molar-refractivity contribution in [3.63, 3.8) is 0 Å². The second-order valence-corrected chi connectivity index (χ2v) is 6.75. The van der Waals surface area contributed by atoms with Gasteiger partial charge in [0, 0.05) is 5.92 Å². The predicted molar refractivity (Wildman–Crippen MR) is 67.4 cm³/mol. The molecular weight excluding hydrogens is 264 g/mol. The summed E-state index contributed by atoms with van der Waals surface area (Å²) < 4.78 is 29.7. The molecule has 1 saturated carbocycles. The Morgan fingerprint density at radius 3 is 2.68 bits per heavy atom. The zero-order valence-corrected chi connectivity index (χ0v) is 11.3. The van der Waals surface area contributed by atoms with Crippen LogP contribution in [0.5, 0.6) is 0 Å². The molecule has 1 N–H and O–H groups in total. The molecule has 1 aliphatic carbocycles. The average molecular weight is 278 g/mol. The molecule has 0 amide bonds. The van der Waals surface area contributed by atoms with Gasteiger partial charge in [-0.3, -0.25) is 5.32 Å². The molecule has 1 saturated heterocycles. The van der Waals surface area contributed by atoms with Crippen LogP contribution in [0.4, 0.5) is 0 Å². The van der Waals surface area contributed by atoms with E-state index in [0.29, 0.717) is 12.8 Å². The lowest BCUT2D eigenvalue weighted by Crippen LogP contribution is -2.38. The summed E-state index contributed by atoms with van der Waals surface area (Å²) in [6, 6.07) is 8.33. The van der Waals surface area contributed by atoms with Crippen molar-refractivity contribution in [3.05, 3.63) is 29.8 Å². The minimum Gasteiger partial charge on any atom is -0.273 e. The normalized spacial score (nSPS) is 32.6. The van der Waals surface area contributed by atoms with Crippen LogP contribution in [0.15, 0.2) is 29.2 Å². The van der Waals surface area contributed by atoms with E-state index in [0.717, 1.165) is 5.56 Å². The minimum atomic E-state index is -3.78. The maximum absolute atomic E-state index is 12.2. The smallest absolute Gasteiger partial charge is 0.273 e. The molecule has 2 aliphatic rings. The number of nitrogens with zero attached hydrogens (tertiary/aromatic N) is 1. The van der Waals surface area contributed by atoms with Crippen molar-refractivity contribution in [2.24, 2.45) is 5.92 Å². The van der Waals surface area contributed by atoms with E-state index in [2.05, 4.69) is 11.4 Å². The molecule has 3 atom stereocenters. The summed E-state index contributed by atoms with van der Waals surface area (Å²) in [5.41, 5.74) is 0.148. The molecule has 1 aromatic rings. The van der Waals surface area contributed by atoms with Crippen LogP contribution in [-0.4, -0.2) is 20.2 Å². The fraction of sp³-hybridized carbons (Fsp3) is 0.462. The number of nitrogens with one attached hydrogen (secondary N) is 1. The fourth-order valence-electron chi connectivity index (χ4n) is 2.56. The van der Waals surface area contributed by atoms with Crippen LogP contribution in [0.25, 0.3) is 0 Å². The van der Waals surface area contributed by atoms with Crippen molar-refractivity contribution in [1.29, 1.82) is 5.26 Å². The summed E-state index contributed by atoms with van der Waals surface area (Å²) in [7, 11) is -3.78. The molecule has 6 heteroatoms. The third kappa shape index (κ3) is 2.14. The van der Waals surface area contributed by atoms with Gasteiger partial charge in [-0.2, -0.15) is 13.7 Å². The highest BCUT2D eigenvalue weighted by atomic mass is 32.2. The van der Waals surface area contributed by atoms with E-state index in [9.17, 15) is 8.42 Å². The Balaban J connectivity index is 1.81. The largest absolute Gasteiger partial charge is 0.298 e. The standard InChI is InChI=1S/C13H14N2O3S/c1-9-2-4-12(5-3-9)19(16,17)18-13-7-10(13)6-11(8-14)15-13/h2-5,10-11,15H,6-7H2,1H3/t10-,11+,13+/m1/s1. The quantitative estimate of drug-likeness (QED) is 0.843. The van der Waals surface area contributed by atoms with Gasteiger partial charge >= 0.3 is 0 Å². The molecule has 19 heavy (non-hydrogen) atoms. The lowest BCUT2D eigenvalue weighted by Gasteiger charge is -2.16. The van der Waals surface area contributed by atoms with Crippen LogP contribution in [0.2, 0.25) is 0 Å². The first-order valence-electron chi connectivity index (χ1n) is 6.15. The lowest BCUT2D eigenvalue weighted by molar-refractivity contribution is 0.151. The Bertz CT molecular complexity index is 647. The van der Waals surface area contributed by atoms with Gasteiger partial charge in [-0.25, -0.2) is 4.18 Å². The van der Waals surface area contributed by atoms with E-state index in [1.165, 1.54) is 12.1 Å². The van der Waals surface area contributed by atoms with Crippen LogP contribution in [-0.2, 0) is 14.3 Å². The Hall–Kier alpha value is -1.42. The topological polar surface area (TPSA) is 79.2 Å². The van der Waals surface area contributed by atoms with E-state index in [4.69, 9.17) is 9.44 Å². The molecule has 1 heterocycles. The summed E-state index contributed by atoms with van der Waals surface area (Å²) in [6.45, 7) is 1.89. The highest BCUT2D eigenvalue weighted by molar-refractivity contribution is 7.86. The van der Waals surface area contributed by atoms with Gasteiger partial charge in [0.15, 0.2) is 0 Å². The van der Waals surface area contributed by atoms with E-state index < -0.39 is 15.8 Å². The molecule has 2 fully saturated rings. The van der Waals surface area contributed by atoms with Crippen molar-refractivity contribution in [2.75, 3.05) is 0 Å². The van der Waals surface area contributed by atoms with Crippen LogP contribution < -0.4 is 5.32 Å². The van der Waals surface area contributed by atoms with E-state index >= 15 is 0 Å². The van der Waals surface area contributed by atoms with Crippen LogP contribution in [0.1, 0.15) is 18.4 Å². The molecule has 3 rings (SSSR count). The zero-order chi connectivity index (χ0) is 13.7. The Morgan fingerprint density at radius 1 is 1.42 bits per heavy atom. The predicted octanol–water partition coefficient (Wildman–Crippen LogP) is 1.30. The summed E-state index contributed by atoms with van der Waals surface area (Å²) in [6.07, 6.45) is 1.30. The van der Waals surface area contributed by atoms with Crippen molar-refractivity contribution in [1.82, 2.24) is 5.32 Å². The summed E-state index contributed by atoms with van der Waals surface area (Å²) in [5, 5.41) is 11.8. The zero-order valence-electron chi connectivity index (χ0n) is 10.5. The van der Waals surface area contributed by atoms with Crippen molar-refractivity contribution in [2.45, 2.75) is 36.4 Å². The Kier molecular flexibility index (Phi) is 2.68. The number of hydrogen-bond donors (Lipinski definition) is 1. The van der Waals surface area contributed by atoms with Crippen LogP contribution in [0.3, 0.4) is 0 Å². The molecule has 1 aromatic carbocycles. The molecule has 0 spiro atoms. The second kappa shape index (κ2) is 4.04. The summed E-state index contributed by atoms with van der Waals surface area (Å²) >= 11 is 0. The third-order valence-electron chi connectivity index (χ3n) is 3.71. The molecule has 1 aliphatic heterocycles. The van der Waals surface area contributed by atoms with Crippen LogP contribution >= 0.6 is 0 Å². The molecule has 0 aromatic heterocycles. The molecule has 5 nitrogen and oxygen atoms in total. The number of rotatable bonds is 3. The van der Waals surface area contributed by atoms with Gasteiger partial charge in [0.05, 0.1) is 17.0 Å².